The number of carbonyl (C=O) groups excluding carboxylic acids is 1. The van der Waals surface area contributed by atoms with Gasteiger partial charge in [-0.3, -0.25) is 4.79 Å². The van der Waals surface area contributed by atoms with Crippen LogP contribution in [0.4, 0.5) is 13.2 Å². The number of nitrogens with one attached hydrogen (secondary N) is 1. The van der Waals surface area contributed by atoms with Gasteiger partial charge in [0, 0.05) is 6.54 Å². The van der Waals surface area contributed by atoms with E-state index < -0.39 is 18.3 Å². The third-order valence-electron chi connectivity index (χ3n) is 4.32. The number of rotatable bonds is 7. The van der Waals surface area contributed by atoms with Crippen LogP contribution >= 0.6 is 0 Å². The molecule has 1 fully saturated rings. The van der Waals surface area contributed by atoms with Gasteiger partial charge in [0.05, 0.1) is 5.92 Å². The molecule has 1 heterocycles. The molecule has 1 aliphatic rings. The molecule has 0 aliphatic carbocycles. The van der Waals surface area contributed by atoms with Crippen molar-refractivity contribution in [3.05, 3.63) is 35.6 Å². The lowest BCUT2D eigenvalue weighted by atomic mass is 9.92. The van der Waals surface area contributed by atoms with Gasteiger partial charge in [0.15, 0.2) is 0 Å². The summed E-state index contributed by atoms with van der Waals surface area (Å²) in [5.74, 6) is -1.15. The van der Waals surface area contributed by atoms with Crippen LogP contribution in [-0.4, -0.2) is 36.9 Å². The third-order valence-corrected chi connectivity index (χ3v) is 4.32. The second-order valence-corrected chi connectivity index (χ2v) is 6.38. The molecule has 0 bridgehead atoms. The summed E-state index contributed by atoms with van der Waals surface area (Å²) < 4.78 is 39.6. The van der Waals surface area contributed by atoms with Crippen LogP contribution < -0.4 is 5.32 Å². The minimum atomic E-state index is -2.75. The molecule has 23 heavy (non-hydrogen) atoms. The Kier molecular flexibility index (Phi) is 6.04. The van der Waals surface area contributed by atoms with Gasteiger partial charge in [-0.05, 0) is 43.1 Å². The van der Waals surface area contributed by atoms with Gasteiger partial charge in [0.25, 0.3) is 6.43 Å². The second-order valence-electron chi connectivity index (χ2n) is 6.38. The van der Waals surface area contributed by atoms with Crippen molar-refractivity contribution in [2.45, 2.75) is 32.7 Å². The zero-order chi connectivity index (χ0) is 17.0. The Morgan fingerprint density at radius 3 is 2.26 bits per heavy atom. The number of alkyl halides is 2. The molecule has 128 valence electrons. The number of nitrogens with zero attached hydrogens (tertiary/aromatic N) is 1. The molecular weight excluding hydrogens is 305 g/mol. The van der Waals surface area contributed by atoms with Crippen molar-refractivity contribution < 1.29 is 18.0 Å². The van der Waals surface area contributed by atoms with Crippen LogP contribution in [0.5, 0.6) is 0 Å². The van der Waals surface area contributed by atoms with Crippen molar-refractivity contribution in [1.29, 1.82) is 0 Å². The van der Waals surface area contributed by atoms with Gasteiger partial charge < -0.3 is 10.2 Å². The fourth-order valence-electron chi connectivity index (χ4n) is 2.66. The summed E-state index contributed by atoms with van der Waals surface area (Å²) in [5.41, 5.74) is 0.209. The molecule has 1 amide bonds. The third kappa shape index (κ3) is 4.70. The largest absolute Gasteiger partial charge is 0.343 e. The summed E-state index contributed by atoms with van der Waals surface area (Å²) in [6, 6.07) is 3.40. The summed E-state index contributed by atoms with van der Waals surface area (Å²) in [4.78, 5) is 14.6. The first-order valence-corrected chi connectivity index (χ1v) is 7.95. The number of hydrogen-bond donors (Lipinski definition) is 1. The molecule has 0 radical (unpaired) electrons. The second kappa shape index (κ2) is 7.81. The van der Waals surface area contributed by atoms with E-state index in [4.69, 9.17) is 0 Å². The molecule has 6 heteroatoms. The van der Waals surface area contributed by atoms with E-state index >= 15 is 0 Å². The molecule has 0 saturated carbocycles. The number of amides is 1. The molecular formula is C17H23F3N2O. The Balaban J connectivity index is 2.07. The SMILES string of the molecule is CC(C)C(CN1CCC1)C(=O)NC(c1ccc(F)cc1)C(F)F. The highest BCUT2D eigenvalue weighted by Gasteiger charge is 2.31. The lowest BCUT2D eigenvalue weighted by molar-refractivity contribution is -0.129. The molecule has 3 nitrogen and oxygen atoms in total. The van der Waals surface area contributed by atoms with Gasteiger partial charge in [0.1, 0.15) is 11.9 Å². The highest BCUT2D eigenvalue weighted by molar-refractivity contribution is 5.79. The van der Waals surface area contributed by atoms with E-state index in [9.17, 15) is 18.0 Å². The summed E-state index contributed by atoms with van der Waals surface area (Å²) >= 11 is 0. The standard InChI is InChI=1S/C17H23F3N2O/c1-11(2)14(10-22-8-3-9-22)17(23)21-15(16(19)20)12-4-6-13(18)7-5-12/h4-7,11,14-16H,3,8-10H2,1-2H3,(H,21,23). The molecule has 0 spiro atoms. The highest BCUT2D eigenvalue weighted by Crippen LogP contribution is 2.23. The van der Waals surface area contributed by atoms with Gasteiger partial charge in [-0.1, -0.05) is 26.0 Å². The van der Waals surface area contributed by atoms with E-state index in [1.165, 1.54) is 12.1 Å². The Bertz CT molecular complexity index is 515. The van der Waals surface area contributed by atoms with Crippen molar-refractivity contribution in [3.8, 4) is 0 Å². The van der Waals surface area contributed by atoms with Gasteiger partial charge >= 0.3 is 0 Å². The first-order chi connectivity index (χ1) is 10.9. The average molecular weight is 328 g/mol. The number of likely N-dealkylation sites (tertiary alicyclic amines) is 1. The fraction of sp³-hybridized carbons (Fsp3) is 0.588. The molecule has 0 aromatic heterocycles. The Labute approximate surface area is 134 Å². The topological polar surface area (TPSA) is 32.3 Å². The summed E-state index contributed by atoms with van der Waals surface area (Å²) in [5, 5.41) is 2.45. The molecule has 1 aliphatic heterocycles. The number of hydrogen-bond acceptors (Lipinski definition) is 2. The quantitative estimate of drug-likeness (QED) is 0.833. The van der Waals surface area contributed by atoms with Crippen LogP contribution in [-0.2, 0) is 4.79 Å². The van der Waals surface area contributed by atoms with Gasteiger partial charge in [-0.2, -0.15) is 0 Å². The van der Waals surface area contributed by atoms with E-state index in [2.05, 4.69) is 10.2 Å². The van der Waals surface area contributed by atoms with E-state index in [0.717, 1.165) is 31.6 Å². The summed E-state index contributed by atoms with van der Waals surface area (Å²) in [6.45, 7) is 6.32. The predicted octanol–water partition coefficient (Wildman–Crippen LogP) is 3.23. The van der Waals surface area contributed by atoms with E-state index in [0.29, 0.717) is 6.54 Å². The normalized spacial score (nSPS) is 17.9. The van der Waals surface area contributed by atoms with Crippen LogP contribution in [0.2, 0.25) is 0 Å². The summed E-state index contributed by atoms with van der Waals surface area (Å²) in [7, 11) is 0. The number of benzene rings is 1. The van der Waals surface area contributed by atoms with Crippen molar-refractivity contribution in [1.82, 2.24) is 10.2 Å². The van der Waals surface area contributed by atoms with Crippen LogP contribution in [0.3, 0.4) is 0 Å². The minimum Gasteiger partial charge on any atom is -0.343 e. The first-order valence-electron chi connectivity index (χ1n) is 7.95. The number of halogens is 3. The van der Waals surface area contributed by atoms with Crippen molar-refractivity contribution in [2.75, 3.05) is 19.6 Å². The monoisotopic (exact) mass is 328 g/mol. The van der Waals surface area contributed by atoms with E-state index in [-0.39, 0.29) is 23.3 Å². The Morgan fingerprint density at radius 1 is 1.22 bits per heavy atom. The molecule has 1 aromatic rings. The van der Waals surface area contributed by atoms with Crippen molar-refractivity contribution >= 4 is 5.91 Å². The van der Waals surface area contributed by atoms with Crippen molar-refractivity contribution in [3.63, 3.8) is 0 Å². The molecule has 1 saturated heterocycles. The van der Waals surface area contributed by atoms with E-state index in [1.54, 1.807) is 0 Å². The Morgan fingerprint density at radius 2 is 1.83 bits per heavy atom. The van der Waals surface area contributed by atoms with Crippen LogP contribution in [0.15, 0.2) is 24.3 Å². The fourth-order valence-corrected chi connectivity index (χ4v) is 2.66. The zero-order valence-corrected chi connectivity index (χ0v) is 13.4. The maximum Gasteiger partial charge on any atom is 0.262 e. The minimum absolute atomic E-state index is 0.0575. The predicted molar refractivity (Wildman–Crippen MR) is 82.7 cm³/mol. The molecule has 2 atom stereocenters. The van der Waals surface area contributed by atoms with Crippen LogP contribution in [0.25, 0.3) is 0 Å². The first kappa shape index (κ1) is 17.8. The summed E-state index contributed by atoms with van der Waals surface area (Å²) in [6.07, 6.45) is -1.64. The van der Waals surface area contributed by atoms with Gasteiger partial charge in [-0.25, -0.2) is 13.2 Å². The van der Waals surface area contributed by atoms with Gasteiger partial charge in [0.2, 0.25) is 5.91 Å². The lowest BCUT2D eigenvalue weighted by Gasteiger charge is -2.35. The van der Waals surface area contributed by atoms with E-state index in [1.807, 2.05) is 13.8 Å². The van der Waals surface area contributed by atoms with Crippen LogP contribution in [0, 0.1) is 17.7 Å². The molecule has 1 N–H and O–H groups in total. The van der Waals surface area contributed by atoms with Crippen LogP contribution in [0.1, 0.15) is 31.9 Å². The smallest absolute Gasteiger partial charge is 0.262 e. The maximum atomic E-state index is 13.3. The average Bonchev–Trinajstić information content (AvgIpc) is 2.43. The number of carbonyl (C=O) groups is 1. The molecule has 1 aromatic carbocycles. The Hall–Kier alpha value is -1.56. The van der Waals surface area contributed by atoms with Crippen molar-refractivity contribution in [2.24, 2.45) is 11.8 Å². The highest BCUT2D eigenvalue weighted by atomic mass is 19.3. The molecule has 2 rings (SSSR count). The van der Waals surface area contributed by atoms with Gasteiger partial charge in [-0.15, -0.1) is 0 Å². The lowest BCUT2D eigenvalue weighted by Crippen LogP contribution is -2.47. The molecule has 2 unspecified atom stereocenters. The maximum absolute atomic E-state index is 13.3. The zero-order valence-electron chi connectivity index (χ0n) is 13.4.